The second-order valence-electron chi connectivity index (χ2n) is 4.05. The summed E-state index contributed by atoms with van der Waals surface area (Å²) in [7, 11) is 1.66. The molecule has 2 aromatic carbocycles. The monoisotopic (exact) mass is 265 g/mol. The zero-order valence-corrected chi connectivity index (χ0v) is 10.9. The van der Waals surface area contributed by atoms with E-state index in [4.69, 9.17) is 16.3 Å². The molecule has 4 heteroatoms. The normalized spacial score (nSPS) is 12.4. The number of aliphatic hydroxyl groups excluding tert-OH is 1. The van der Waals surface area contributed by atoms with E-state index in [0.717, 1.165) is 22.2 Å². The Kier molecular flexibility index (Phi) is 4.28. The van der Waals surface area contributed by atoms with Crippen LogP contribution in [0.25, 0.3) is 10.8 Å². The highest BCUT2D eigenvalue weighted by molar-refractivity contribution is 6.18. The molecule has 0 spiro atoms. The average molecular weight is 266 g/mol. The Bertz CT molecular complexity index is 530. The number of fused-ring (bicyclic) bond motifs is 1. The van der Waals surface area contributed by atoms with E-state index in [1.54, 1.807) is 7.11 Å². The van der Waals surface area contributed by atoms with E-state index in [1.807, 2.05) is 36.4 Å². The zero-order chi connectivity index (χ0) is 13.0. The first kappa shape index (κ1) is 13.0. The van der Waals surface area contributed by atoms with Gasteiger partial charge in [-0.3, -0.25) is 0 Å². The van der Waals surface area contributed by atoms with Crippen LogP contribution in [0.5, 0.6) is 5.75 Å². The first-order valence-corrected chi connectivity index (χ1v) is 6.33. The molecule has 0 aliphatic heterocycles. The highest BCUT2D eigenvalue weighted by atomic mass is 35.5. The van der Waals surface area contributed by atoms with E-state index in [1.165, 1.54) is 0 Å². The number of halogens is 1. The van der Waals surface area contributed by atoms with E-state index in [-0.39, 0.29) is 5.88 Å². The minimum absolute atomic E-state index is 0.223. The van der Waals surface area contributed by atoms with Crippen LogP contribution in [-0.2, 0) is 0 Å². The summed E-state index contributed by atoms with van der Waals surface area (Å²) in [6.45, 7) is 0.430. The molecule has 2 aromatic rings. The molecule has 1 atom stereocenters. The number of nitrogens with one attached hydrogen (secondary N) is 1. The van der Waals surface area contributed by atoms with Crippen LogP contribution in [-0.4, -0.2) is 30.7 Å². The van der Waals surface area contributed by atoms with Crippen LogP contribution in [0, 0.1) is 0 Å². The minimum atomic E-state index is -0.549. The first-order chi connectivity index (χ1) is 8.76. The molecule has 96 valence electrons. The fourth-order valence-electron chi connectivity index (χ4n) is 1.90. The predicted molar refractivity (Wildman–Crippen MR) is 75.7 cm³/mol. The lowest BCUT2D eigenvalue weighted by Crippen LogP contribution is -2.20. The van der Waals surface area contributed by atoms with Crippen molar-refractivity contribution in [1.82, 2.24) is 0 Å². The lowest BCUT2D eigenvalue weighted by molar-refractivity contribution is 0.211. The molecule has 0 saturated heterocycles. The molecule has 2 rings (SSSR count). The zero-order valence-electron chi connectivity index (χ0n) is 10.2. The van der Waals surface area contributed by atoms with Crippen molar-refractivity contribution in [3.8, 4) is 5.75 Å². The second-order valence-corrected chi connectivity index (χ2v) is 4.36. The lowest BCUT2D eigenvalue weighted by Gasteiger charge is -2.13. The van der Waals surface area contributed by atoms with Gasteiger partial charge in [0.25, 0.3) is 0 Å². The Balaban J connectivity index is 2.34. The number of ether oxygens (including phenoxy) is 1. The maximum absolute atomic E-state index is 9.47. The topological polar surface area (TPSA) is 41.5 Å². The molecule has 1 unspecified atom stereocenters. The van der Waals surface area contributed by atoms with Gasteiger partial charge in [-0.1, -0.05) is 24.3 Å². The summed E-state index contributed by atoms with van der Waals surface area (Å²) < 4.78 is 5.33. The Hall–Kier alpha value is -1.45. The number of methoxy groups -OCH3 is 1. The Morgan fingerprint density at radius 2 is 1.94 bits per heavy atom. The summed E-state index contributed by atoms with van der Waals surface area (Å²) in [5, 5.41) is 14.8. The van der Waals surface area contributed by atoms with Crippen LogP contribution in [0.3, 0.4) is 0 Å². The first-order valence-electron chi connectivity index (χ1n) is 5.80. The van der Waals surface area contributed by atoms with Gasteiger partial charge in [0, 0.05) is 23.0 Å². The van der Waals surface area contributed by atoms with Gasteiger partial charge in [0.15, 0.2) is 0 Å². The molecule has 0 fully saturated rings. The van der Waals surface area contributed by atoms with Gasteiger partial charge in [-0.05, 0) is 12.1 Å². The van der Waals surface area contributed by atoms with Crippen molar-refractivity contribution in [3.05, 3.63) is 36.4 Å². The quantitative estimate of drug-likeness (QED) is 0.817. The molecule has 18 heavy (non-hydrogen) atoms. The van der Waals surface area contributed by atoms with Crippen molar-refractivity contribution in [2.75, 3.05) is 24.9 Å². The molecular weight excluding hydrogens is 250 g/mol. The van der Waals surface area contributed by atoms with Crippen LogP contribution in [0.1, 0.15) is 0 Å². The van der Waals surface area contributed by atoms with E-state index < -0.39 is 6.10 Å². The van der Waals surface area contributed by atoms with Crippen molar-refractivity contribution >= 4 is 28.1 Å². The third kappa shape index (κ3) is 2.68. The SMILES string of the molecule is COc1cccc2c(NCC(O)CCl)cccc12. The van der Waals surface area contributed by atoms with Gasteiger partial charge < -0.3 is 15.2 Å². The maximum Gasteiger partial charge on any atom is 0.126 e. The van der Waals surface area contributed by atoms with Crippen LogP contribution in [0.2, 0.25) is 0 Å². The fourth-order valence-corrected chi connectivity index (χ4v) is 2.00. The summed E-state index contributed by atoms with van der Waals surface area (Å²) >= 11 is 5.57. The largest absolute Gasteiger partial charge is 0.496 e. The van der Waals surface area contributed by atoms with Gasteiger partial charge in [0.1, 0.15) is 5.75 Å². The van der Waals surface area contributed by atoms with Crippen LogP contribution in [0.4, 0.5) is 5.69 Å². The van der Waals surface area contributed by atoms with Gasteiger partial charge in [-0.25, -0.2) is 0 Å². The molecule has 0 aromatic heterocycles. The number of rotatable bonds is 5. The number of benzene rings is 2. The number of alkyl halides is 1. The summed E-state index contributed by atoms with van der Waals surface area (Å²) in [5.41, 5.74) is 0.968. The average Bonchev–Trinajstić information content (AvgIpc) is 2.43. The smallest absolute Gasteiger partial charge is 0.126 e. The number of aliphatic hydroxyl groups is 1. The van der Waals surface area contributed by atoms with Crippen molar-refractivity contribution in [2.24, 2.45) is 0 Å². The molecule has 0 aliphatic carbocycles. The number of hydrogen-bond donors (Lipinski definition) is 2. The van der Waals surface area contributed by atoms with Crippen molar-refractivity contribution in [2.45, 2.75) is 6.10 Å². The molecule has 0 heterocycles. The summed E-state index contributed by atoms with van der Waals surface area (Å²) in [5.74, 6) is 1.07. The Labute approximate surface area is 111 Å². The third-order valence-corrected chi connectivity index (χ3v) is 3.16. The molecule has 3 nitrogen and oxygen atoms in total. The molecule has 0 amide bonds. The molecule has 0 radical (unpaired) electrons. The van der Waals surface area contributed by atoms with Crippen molar-refractivity contribution in [3.63, 3.8) is 0 Å². The van der Waals surface area contributed by atoms with Gasteiger partial charge >= 0.3 is 0 Å². The lowest BCUT2D eigenvalue weighted by atomic mass is 10.1. The van der Waals surface area contributed by atoms with Crippen LogP contribution >= 0.6 is 11.6 Å². The molecule has 0 aliphatic rings. The van der Waals surface area contributed by atoms with Crippen LogP contribution in [0.15, 0.2) is 36.4 Å². The molecule has 2 N–H and O–H groups in total. The van der Waals surface area contributed by atoms with Gasteiger partial charge in [0.05, 0.1) is 19.1 Å². The number of hydrogen-bond acceptors (Lipinski definition) is 3. The van der Waals surface area contributed by atoms with E-state index in [9.17, 15) is 5.11 Å². The Morgan fingerprint density at radius 3 is 2.67 bits per heavy atom. The molecule has 0 saturated carbocycles. The van der Waals surface area contributed by atoms with E-state index in [0.29, 0.717) is 6.54 Å². The standard InChI is InChI=1S/C14H16ClNO2/c1-18-14-7-3-4-11-12(14)5-2-6-13(11)16-9-10(17)8-15/h2-7,10,16-17H,8-9H2,1H3. The molecule has 0 bridgehead atoms. The molecular formula is C14H16ClNO2. The fraction of sp³-hybridized carbons (Fsp3) is 0.286. The second kappa shape index (κ2) is 5.94. The number of anilines is 1. The minimum Gasteiger partial charge on any atom is -0.496 e. The Morgan fingerprint density at radius 1 is 1.22 bits per heavy atom. The highest BCUT2D eigenvalue weighted by Gasteiger charge is 2.06. The van der Waals surface area contributed by atoms with Gasteiger partial charge in [0.2, 0.25) is 0 Å². The van der Waals surface area contributed by atoms with Crippen molar-refractivity contribution < 1.29 is 9.84 Å². The summed E-state index contributed by atoms with van der Waals surface area (Å²) in [6.07, 6.45) is -0.549. The maximum atomic E-state index is 9.47. The van der Waals surface area contributed by atoms with Gasteiger partial charge in [-0.15, -0.1) is 11.6 Å². The van der Waals surface area contributed by atoms with Crippen LogP contribution < -0.4 is 10.1 Å². The summed E-state index contributed by atoms with van der Waals surface area (Å²) in [4.78, 5) is 0. The van der Waals surface area contributed by atoms with Crippen molar-refractivity contribution in [1.29, 1.82) is 0 Å². The third-order valence-electron chi connectivity index (χ3n) is 2.81. The predicted octanol–water partition coefficient (Wildman–Crippen LogP) is 2.86. The highest BCUT2D eigenvalue weighted by Crippen LogP contribution is 2.30. The van der Waals surface area contributed by atoms with Gasteiger partial charge in [-0.2, -0.15) is 0 Å². The van der Waals surface area contributed by atoms with E-state index in [2.05, 4.69) is 5.32 Å². The summed E-state index contributed by atoms with van der Waals surface area (Å²) in [6, 6.07) is 11.8. The van der Waals surface area contributed by atoms with E-state index >= 15 is 0 Å².